The molecule has 2 aliphatic heterocycles. The van der Waals surface area contributed by atoms with Crippen LogP contribution in [0.25, 0.3) is 0 Å². The van der Waals surface area contributed by atoms with Crippen molar-refractivity contribution in [3.63, 3.8) is 0 Å². The van der Waals surface area contributed by atoms with Gasteiger partial charge in [0.1, 0.15) is 5.75 Å². The third-order valence-corrected chi connectivity index (χ3v) is 5.13. The van der Waals surface area contributed by atoms with E-state index in [4.69, 9.17) is 4.74 Å². The quantitative estimate of drug-likeness (QED) is 0.897. The van der Waals surface area contributed by atoms with E-state index < -0.39 is 0 Å². The fraction of sp³-hybridized carbons (Fsp3) is 0.632. The molecule has 2 fully saturated rings. The minimum atomic E-state index is 0.214. The number of benzene rings is 1. The summed E-state index contributed by atoms with van der Waals surface area (Å²) < 4.78 is 5.52. The number of nitrogens with zero attached hydrogens (tertiary/aromatic N) is 2. The molecule has 1 N–H and O–H groups in total. The van der Waals surface area contributed by atoms with Crippen LogP contribution in [-0.2, 0) is 4.79 Å². The first-order chi connectivity index (χ1) is 11.7. The largest absolute Gasteiger partial charge is 0.494 e. The van der Waals surface area contributed by atoms with Crippen molar-refractivity contribution < 1.29 is 9.53 Å². The van der Waals surface area contributed by atoms with Gasteiger partial charge in [0, 0.05) is 32.2 Å². The Morgan fingerprint density at radius 2 is 2.08 bits per heavy atom. The van der Waals surface area contributed by atoms with E-state index in [1.807, 2.05) is 19.1 Å². The summed E-state index contributed by atoms with van der Waals surface area (Å²) in [6.07, 6.45) is 2.14. The molecular formula is C19H29N3O2. The van der Waals surface area contributed by atoms with Crippen LogP contribution in [0, 0.1) is 0 Å². The first-order valence-corrected chi connectivity index (χ1v) is 9.16. The first-order valence-electron chi connectivity index (χ1n) is 9.16. The minimum Gasteiger partial charge on any atom is -0.494 e. The van der Waals surface area contributed by atoms with Gasteiger partial charge in [0.25, 0.3) is 0 Å². The zero-order valence-electron chi connectivity index (χ0n) is 14.8. The highest BCUT2D eigenvalue weighted by atomic mass is 16.5. The van der Waals surface area contributed by atoms with Crippen molar-refractivity contribution in [2.45, 2.75) is 38.8 Å². The van der Waals surface area contributed by atoms with Gasteiger partial charge >= 0.3 is 0 Å². The van der Waals surface area contributed by atoms with Crippen LogP contribution in [0.4, 0.5) is 0 Å². The van der Waals surface area contributed by atoms with E-state index in [-0.39, 0.29) is 11.9 Å². The van der Waals surface area contributed by atoms with Crippen molar-refractivity contribution in [2.75, 3.05) is 39.3 Å². The Labute approximate surface area is 145 Å². The highest BCUT2D eigenvalue weighted by Crippen LogP contribution is 2.33. The van der Waals surface area contributed by atoms with Gasteiger partial charge in [-0.05, 0) is 44.4 Å². The molecule has 0 saturated carbocycles. The summed E-state index contributed by atoms with van der Waals surface area (Å²) in [6, 6.07) is 8.88. The topological polar surface area (TPSA) is 44.8 Å². The fourth-order valence-corrected chi connectivity index (χ4v) is 3.75. The minimum absolute atomic E-state index is 0.214. The SMILES string of the molecule is CCOc1ccc(C2CCCN2C(=O)CN2CCNC[C@H]2C)cc1. The van der Waals surface area contributed by atoms with Crippen molar-refractivity contribution in [2.24, 2.45) is 0 Å². The molecule has 2 atom stereocenters. The van der Waals surface area contributed by atoms with Gasteiger partial charge in [-0.1, -0.05) is 12.1 Å². The van der Waals surface area contributed by atoms with Crippen molar-refractivity contribution in [3.8, 4) is 5.75 Å². The molecule has 5 nitrogen and oxygen atoms in total. The molecule has 2 aliphatic rings. The number of rotatable bonds is 5. The molecule has 0 aliphatic carbocycles. The maximum atomic E-state index is 12.9. The number of likely N-dealkylation sites (tertiary alicyclic amines) is 1. The molecule has 0 aromatic heterocycles. The molecule has 0 spiro atoms. The van der Waals surface area contributed by atoms with Crippen LogP contribution >= 0.6 is 0 Å². The van der Waals surface area contributed by atoms with E-state index in [0.717, 1.165) is 44.8 Å². The molecule has 2 saturated heterocycles. The standard InChI is InChI=1S/C19H29N3O2/c1-3-24-17-8-6-16(7-9-17)18-5-4-11-22(18)19(23)14-21-12-10-20-13-15(21)2/h6-9,15,18,20H,3-5,10-14H2,1-2H3/t15-,18?/m1/s1. The van der Waals surface area contributed by atoms with Crippen molar-refractivity contribution in [3.05, 3.63) is 29.8 Å². The van der Waals surface area contributed by atoms with E-state index in [2.05, 4.69) is 34.2 Å². The molecule has 5 heteroatoms. The highest BCUT2D eigenvalue weighted by molar-refractivity contribution is 5.79. The average Bonchev–Trinajstić information content (AvgIpc) is 3.08. The van der Waals surface area contributed by atoms with E-state index in [1.54, 1.807) is 0 Å². The maximum Gasteiger partial charge on any atom is 0.237 e. The summed E-state index contributed by atoms with van der Waals surface area (Å²) in [5.74, 6) is 1.16. The van der Waals surface area contributed by atoms with Crippen LogP contribution in [0.1, 0.15) is 38.3 Å². The molecule has 1 aromatic rings. The normalized spacial score (nSPS) is 25.0. The summed E-state index contributed by atoms with van der Waals surface area (Å²) >= 11 is 0. The van der Waals surface area contributed by atoms with Gasteiger partial charge in [0.05, 0.1) is 19.2 Å². The lowest BCUT2D eigenvalue weighted by molar-refractivity contribution is -0.134. The van der Waals surface area contributed by atoms with Gasteiger partial charge in [0.2, 0.25) is 5.91 Å². The summed E-state index contributed by atoms with van der Waals surface area (Å²) in [7, 11) is 0. The molecule has 3 rings (SSSR count). The molecule has 132 valence electrons. The molecule has 1 amide bonds. The Morgan fingerprint density at radius 3 is 2.79 bits per heavy atom. The highest BCUT2D eigenvalue weighted by Gasteiger charge is 2.31. The molecule has 0 radical (unpaired) electrons. The number of carbonyl (C=O) groups excluding carboxylic acids is 1. The van der Waals surface area contributed by atoms with Crippen LogP contribution < -0.4 is 10.1 Å². The first kappa shape index (κ1) is 17.2. The Balaban J connectivity index is 1.64. The number of nitrogens with one attached hydrogen (secondary N) is 1. The monoisotopic (exact) mass is 331 g/mol. The van der Waals surface area contributed by atoms with Gasteiger partial charge in [-0.15, -0.1) is 0 Å². The van der Waals surface area contributed by atoms with E-state index >= 15 is 0 Å². The van der Waals surface area contributed by atoms with Gasteiger partial charge < -0.3 is 15.0 Å². The van der Waals surface area contributed by atoms with E-state index in [9.17, 15) is 4.79 Å². The second-order valence-corrected chi connectivity index (χ2v) is 6.77. The van der Waals surface area contributed by atoms with Gasteiger partial charge in [-0.3, -0.25) is 9.69 Å². The number of piperazine rings is 1. The Kier molecular flexibility index (Phi) is 5.74. The number of hydrogen-bond acceptors (Lipinski definition) is 4. The molecule has 24 heavy (non-hydrogen) atoms. The van der Waals surface area contributed by atoms with Gasteiger partial charge in [-0.2, -0.15) is 0 Å². The van der Waals surface area contributed by atoms with Crippen LogP contribution in [-0.4, -0.2) is 61.1 Å². The van der Waals surface area contributed by atoms with Crippen LogP contribution in [0.15, 0.2) is 24.3 Å². The van der Waals surface area contributed by atoms with Gasteiger partial charge in [0.15, 0.2) is 0 Å². The second-order valence-electron chi connectivity index (χ2n) is 6.77. The molecule has 1 aromatic carbocycles. The lowest BCUT2D eigenvalue weighted by atomic mass is 10.0. The van der Waals surface area contributed by atoms with Crippen LogP contribution in [0.5, 0.6) is 5.75 Å². The summed E-state index contributed by atoms with van der Waals surface area (Å²) in [5, 5.41) is 3.38. The Hall–Kier alpha value is -1.59. The Morgan fingerprint density at radius 1 is 1.29 bits per heavy atom. The zero-order chi connectivity index (χ0) is 16.9. The van der Waals surface area contributed by atoms with E-state index in [0.29, 0.717) is 19.2 Å². The molecular weight excluding hydrogens is 302 g/mol. The number of hydrogen-bond donors (Lipinski definition) is 1. The number of carbonyl (C=O) groups is 1. The zero-order valence-corrected chi connectivity index (χ0v) is 14.8. The molecule has 2 heterocycles. The second kappa shape index (κ2) is 7.99. The van der Waals surface area contributed by atoms with Gasteiger partial charge in [-0.25, -0.2) is 0 Å². The predicted octanol–water partition coefficient (Wildman–Crippen LogP) is 2.04. The average molecular weight is 331 g/mol. The lowest BCUT2D eigenvalue weighted by Gasteiger charge is -2.35. The third kappa shape index (κ3) is 3.90. The lowest BCUT2D eigenvalue weighted by Crippen LogP contribution is -2.53. The summed E-state index contributed by atoms with van der Waals surface area (Å²) in [5.41, 5.74) is 1.22. The maximum absolute atomic E-state index is 12.9. The van der Waals surface area contributed by atoms with Crippen molar-refractivity contribution in [1.29, 1.82) is 0 Å². The van der Waals surface area contributed by atoms with Crippen molar-refractivity contribution >= 4 is 5.91 Å². The summed E-state index contributed by atoms with van der Waals surface area (Å²) in [6.45, 7) is 9.16. The molecule has 1 unspecified atom stereocenters. The van der Waals surface area contributed by atoms with E-state index in [1.165, 1.54) is 5.56 Å². The third-order valence-electron chi connectivity index (χ3n) is 5.13. The predicted molar refractivity (Wildman–Crippen MR) is 95.2 cm³/mol. The summed E-state index contributed by atoms with van der Waals surface area (Å²) in [4.78, 5) is 17.2. The number of ether oxygens (including phenoxy) is 1. The van der Waals surface area contributed by atoms with Crippen LogP contribution in [0.2, 0.25) is 0 Å². The smallest absolute Gasteiger partial charge is 0.237 e. The van der Waals surface area contributed by atoms with Crippen molar-refractivity contribution in [1.82, 2.24) is 15.1 Å². The van der Waals surface area contributed by atoms with Crippen LogP contribution in [0.3, 0.4) is 0 Å². The fourth-order valence-electron chi connectivity index (χ4n) is 3.75. The molecule has 0 bridgehead atoms. The Bertz CT molecular complexity index is 546. The number of amides is 1.